The molecule has 2 heterocycles. The molecule has 0 spiro atoms. The van der Waals surface area contributed by atoms with Gasteiger partial charge in [-0.3, -0.25) is 9.69 Å². The van der Waals surface area contributed by atoms with Gasteiger partial charge in [0.2, 0.25) is 0 Å². The molecule has 106 valence electrons. The summed E-state index contributed by atoms with van der Waals surface area (Å²) in [6.07, 6.45) is 1.62. The van der Waals surface area contributed by atoms with Gasteiger partial charge in [0.15, 0.2) is 0 Å². The van der Waals surface area contributed by atoms with Crippen molar-refractivity contribution in [1.29, 1.82) is 5.26 Å². The average Bonchev–Trinajstić information content (AvgIpc) is 2.46. The predicted molar refractivity (Wildman–Crippen MR) is 79.1 cm³/mol. The van der Waals surface area contributed by atoms with E-state index in [2.05, 4.69) is 31.9 Å². The van der Waals surface area contributed by atoms with Crippen LogP contribution in [0.5, 0.6) is 0 Å². The molecule has 1 aromatic heterocycles. The van der Waals surface area contributed by atoms with Gasteiger partial charge in [-0.1, -0.05) is 0 Å². The van der Waals surface area contributed by atoms with Crippen molar-refractivity contribution in [2.45, 2.75) is 19.4 Å². The number of amides is 1. The molecule has 0 unspecified atom stereocenters. The van der Waals surface area contributed by atoms with Gasteiger partial charge in [0.05, 0.1) is 6.07 Å². The molecule has 0 saturated carbocycles. The van der Waals surface area contributed by atoms with Crippen molar-refractivity contribution in [3.05, 3.63) is 28.5 Å². The fourth-order valence-electron chi connectivity index (χ4n) is 2.26. The number of piperazine rings is 1. The second kappa shape index (κ2) is 5.90. The maximum absolute atomic E-state index is 12.4. The van der Waals surface area contributed by atoms with E-state index in [0.717, 1.165) is 13.1 Å². The van der Waals surface area contributed by atoms with Crippen LogP contribution in [0, 0.1) is 11.3 Å². The fourth-order valence-corrected chi connectivity index (χ4v) is 2.62. The predicted octanol–water partition coefficient (Wildman–Crippen LogP) is 1.90. The largest absolute Gasteiger partial charge is 0.336 e. The van der Waals surface area contributed by atoms with E-state index < -0.39 is 5.54 Å². The van der Waals surface area contributed by atoms with Crippen LogP contribution >= 0.6 is 15.9 Å². The number of nitriles is 1. The molecule has 1 saturated heterocycles. The normalized spacial score (nSPS) is 16.8. The number of carbonyl (C=O) groups is 1. The Morgan fingerprint density at radius 2 is 2.05 bits per heavy atom. The van der Waals surface area contributed by atoms with E-state index in [1.54, 1.807) is 18.3 Å². The van der Waals surface area contributed by atoms with Crippen LogP contribution < -0.4 is 0 Å². The number of aromatic nitrogens is 1. The van der Waals surface area contributed by atoms with Gasteiger partial charge in [-0.25, -0.2) is 4.98 Å². The van der Waals surface area contributed by atoms with Crippen LogP contribution in [0.15, 0.2) is 22.9 Å². The summed E-state index contributed by atoms with van der Waals surface area (Å²) < 4.78 is 0.660. The molecule has 20 heavy (non-hydrogen) atoms. The second-order valence-electron chi connectivity index (χ2n) is 5.32. The minimum absolute atomic E-state index is 0.0162. The summed E-state index contributed by atoms with van der Waals surface area (Å²) in [5, 5.41) is 9.15. The molecule has 5 nitrogen and oxygen atoms in total. The summed E-state index contributed by atoms with van der Waals surface area (Å²) in [5.74, 6) is 0.0162. The van der Waals surface area contributed by atoms with Crippen LogP contribution in [0.3, 0.4) is 0 Å². The number of rotatable bonds is 2. The molecule has 0 atom stereocenters. The van der Waals surface area contributed by atoms with E-state index >= 15 is 0 Å². The summed E-state index contributed by atoms with van der Waals surface area (Å²) in [6.45, 7) is 6.54. The Balaban J connectivity index is 2.01. The Morgan fingerprint density at radius 1 is 1.40 bits per heavy atom. The zero-order chi connectivity index (χ0) is 14.8. The van der Waals surface area contributed by atoms with Gasteiger partial charge in [-0.2, -0.15) is 5.26 Å². The third-order valence-electron chi connectivity index (χ3n) is 3.60. The number of hydrogen-bond donors (Lipinski definition) is 0. The molecule has 1 aromatic rings. The van der Waals surface area contributed by atoms with Crippen LogP contribution in [0.4, 0.5) is 0 Å². The molecular weight excluding hydrogens is 320 g/mol. The second-order valence-corrected chi connectivity index (χ2v) is 6.13. The van der Waals surface area contributed by atoms with Crippen LogP contribution in [-0.4, -0.2) is 52.4 Å². The van der Waals surface area contributed by atoms with E-state index in [1.807, 2.05) is 18.7 Å². The first kappa shape index (κ1) is 14.9. The van der Waals surface area contributed by atoms with E-state index in [1.165, 1.54) is 0 Å². The Bertz CT molecular complexity index is 544. The van der Waals surface area contributed by atoms with Gasteiger partial charge in [0, 0.05) is 37.9 Å². The quantitative estimate of drug-likeness (QED) is 0.774. The van der Waals surface area contributed by atoms with Crippen molar-refractivity contribution < 1.29 is 4.79 Å². The highest BCUT2D eigenvalue weighted by Crippen LogP contribution is 2.17. The molecule has 0 N–H and O–H groups in total. The summed E-state index contributed by atoms with van der Waals surface area (Å²) >= 11 is 3.27. The number of halogens is 1. The molecule has 0 radical (unpaired) electrons. The highest BCUT2D eigenvalue weighted by Gasteiger charge is 2.31. The highest BCUT2D eigenvalue weighted by atomic mass is 79.9. The van der Waals surface area contributed by atoms with Crippen molar-refractivity contribution >= 4 is 21.8 Å². The summed E-state index contributed by atoms with van der Waals surface area (Å²) in [7, 11) is 0. The highest BCUT2D eigenvalue weighted by molar-refractivity contribution is 9.10. The molecule has 6 heteroatoms. The third-order valence-corrected chi connectivity index (χ3v) is 4.04. The number of carbonyl (C=O) groups excluding carboxylic acids is 1. The molecule has 2 rings (SSSR count). The van der Waals surface area contributed by atoms with E-state index in [9.17, 15) is 4.79 Å². The van der Waals surface area contributed by atoms with E-state index in [4.69, 9.17) is 5.26 Å². The van der Waals surface area contributed by atoms with Gasteiger partial charge in [-0.05, 0) is 41.9 Å². The van der Waals surface area contributed by atoms with Crippen molar-refractivity contribution in [1.82, 2.24) is 14.8 Å². The molecule has 1 aliphatic rings. The lowest BCUT2D eigenvalue weighted by Crippen LogP contribution is -2.55. The molecule has 0 bridgehead atoms. The molecule has 0 aliphatic carbocycles. The zero-order valence-corrected chi connectivity index (χ0v) is 13.2. The molecule has 1 fully saturated rings. The summed E-state index contributed by atoms with van der Waals surface area (Å²) in [4.78, 5) is 20.3. The minimum Gasteiger partial charge on any atom is -0.336 e. The van der Waals surface area contributed by atoms with Gasteiger partial charge in [0.25, 0.3) is 5.91 Å². The van der Waals surface area contributed by atoms with Gasteiger partial charge in [-0.15, -0.1) is 0 Å². The number of hydrogen-bond acceptors (Lipinski definition) is 4. The Morgan fingerprint density at radius 3 is 2.60 bits per heavy atom. The van der Waals surface area contributed by atoms with E-state index in [0.29, 0.717) is 23.3 Å². The molecule has 0 aromatic carbocycles. The first-order valence-corrected chi connectivity index (χ1v) is 7.30. The first-order valence-electron chi connectivity index (χ1n) is 6.51. The lowest BCUT2D eigenvalue weighted by molar-refractivity contribution is 0.0520. The standard InChI is InChI=1S/C14H17BrN4O/c1-14(2,10-16)19-7-5-18(6-8-19)13(20)11-3-4-17-12(15)9-11/h3-4,9H,5-8H2,1-2H3. The van der Waals surface area contributed by atoms with Crippen molar-refractivity contribution in [2.24, 2.45) is 0 Å². The Kier molecular flexibility index (Phi) is 4.41. The van der Waals surface area contributed by atoms with Gasteiger partial charge in [0.1, 0.15) is 10.1 Å². The number of pyridine rings is 1. The van der Waals surface area contributed by atoms with Crippen molar-refractivity contribution in [2.75, 3.05) is 26.2 Å². The van der Waals surface area contributed by atoms with Gasteiger partial charge < -0.3 is 4.90 Å². The van der Waals surface area contributed by atoms with Crippen LogP contribution in [0.25, 0.3) is 0 Å². The lowest BCUT2D eigenvalue weighted by atomic mass is 10.0. The Labute approximate surface area is 127 Å². The minimum atomic E-state index is -0.477. The topological polar surface area (TPSA) is 60.2 Å². The first-order chi connectivity index (χ1) is 9.44. The van der Waals surface area contributed by atoms with Crippen molar-refractivity contribution in [3.8, 4) is 6.07 Å². The Hall–Kier alpha value is -1.45. The van der Waals surface area contributed by atoms with Gasteiger partial charge >= 0.3 is 0 Å². The average molecular weight is 337 g/mol. The summed E-state index contributed by atoms with van der Waals surface area (Å²) in [5.41, 5.74) is 0.161. The lowest BCUT2D eigenvalue weighted by Gasteiger charge is -2.40. The summed E-state index contributed by atoms with van der Waals surface area (Å²) in [6, 6.07) is 5.75. The maximum atomic E-state index is 12.4. The van der Waals surface area contributed by atoms with Crippen LogP contribution in [0.1, 0.15) is 24.2 Å². The molecular formula is C14H17BrN4O. The number of nitrogens with zero attached hydrogens (tertiary/aromatic N) is 4. The zero-order valence-electron chi connectivity index (χ0n) is 11.6. The third kappa shape index (κ3) is 3.17. The molecule has 1 amide bonds. The van der Waals surface area contributed by atoms with Crippen LogP contribution in [-0.2, 0) is 0 Å². The van der Waals surface area contributed by atoms with E-state index in [-0.39, 0.29) is 5.91 Å². The maximum Gasteiger partial charge on any atom is 0.254 e. The van der Waals surface area contributed by atoms with Crippen LogP contribution in [0.2, 0.25) is 0 Å². The monoisotopic (exact) mass is 336 g/mol. The smallest absolute Gasteiger partial charge is 0.254 e. The molecule has 1 aliphatic heterocycles. The SMILES string of the molecule is CC(C)(C#N)N1CCN(C(=O)c2ccnc(Br)c2)CC1. The van der Waals surface area contributed by atoms with Crippen molar-refractivity contribution in [3.63, 3.8) is 0 Å². The fraction of sp³-hybridized carbons (Fsp3) is 0.500.